The molecule has 0 unspecified atom stereocenters. The molecule has 2 aromatic carbocycles. The fourth-order valence-corrected chi connectivity index (χ4v) is 3.99. The molecule has 2 heterocycles. The van der Waals surface area contributed by atoms with E-state index >= 15 is 0 Å². The third-order valence-electron chi connectivity index (χ3n) is 5.46. The maximum atomic E-state index is 12.4. The SMILES string of the molecule is Cc1ccc(NC(=O)COc2cccc3ccc(N4CCC[C@H](C)C4)nc23)cc1Cl. The number of aryl methyl sites for hydroxylation is 1. The minimum Gasteiger partial charge on any atom is -0.481 e. The van der Waals surface area contributed by atoms with Crippen molar-refractivity contribution in [1.29, 1.82) is 0 Å². The number of carbonyl (C=O) groups excluding carboxylic acids is 1. The van der Waals surface area contributed by atoms with Gasteiger partial charge in [-0.2, -0.15) is 0 Å². The van der Waals surface area contributed by atoms with E-state index in [1.54, 1.807) is 6.07 Å². The number of amides is 1. The van der Waals surface area contributed by atoms with Crippen LogP contribution >= 0.6 is 11.6 Å². The quantitative estimate of drug-likeness (QED) is 0.592. The largest absolute Gasteiger partial charge is 0.481 e. The number of carbonyl (C=O) groups is 1. The number of halogens is 1. The van der Waals surface area contributed by atoms with E-state index in [0.717, 1.165) is 35.4 Å². The van der Waals surface area contributed by atoms with Crippen molar-refractivity contribution in [2.45, 2.75) is 26.7 Å². The molecule has 0 radical (unpaired) electrons. The van der Waals surface area contributed by atoms with E-state index in [0.29, 0.717) is 22.4 Å². The Morgan fingerprint density at radius 2 is 2.13 bits per heavy atom. The highest BCUT2D eigenvalue weighted by molar-refractivity contribution is 6.31. The first kappa shape index (κ1) is 20.5. The summed E-state index contributed by atoms with van der Waals surface area (Å²) in [5.41, 5.74) is 2.39. The van der Waals surface area contributed by atoms with Crippen LogP contribution in [-0.2, 0) is 4.79 Å². The molecule has 4 rings (SSSR count). The average Bonchev–Trinajstić information content (AvgIpc) is 2.74. The van der Waals surface area contributed by atoms with E-state index in [9.17, 15) is 4.79 Å². The number of fused-ring (bicyclic) bond motifs is 1. The maximum absolute atomic E-state index is 12.4. The monoisotopic (exact) mass is 423 g/mol. The highest BCUT2D eigenvalue weighted by Gasteiger charge is 2.18. The Hall–Kier alpha value is -2.79. The molecule has 1 aromatic heterocycles. The summed E-state index contributed by atoms with van der Waals surface area (Å²) in [7, 11) is 0. The number of pyridine rings is 1. The van der Waals surface area contributed by atoms with Crippen molar-refractivity contribution in [3.8, 4) is 5.75 Å². The lowest BCUT2D eigenvalue weighted by atomic mass is 10.0. The lowest BCUT2D eigenvalue weighted by molar-refractivity contribution is -0.118. The highest BCUT2D eigenvalue weighted by Crippen LogP contribution is 2.28. The van der Waals surface area contributed by atoms with Crippen LogP contribution in [0.2, 0.25) is 5.02 Å². The first-order valence-corrected chi connectivity index (χ1v) is 10.7. The molecule has 156 valence electrons. The number of ether oxygens (including phenoxy) is 1. The average molecular weight is 424 g/mol. The van der Waals surface area contributed by atoms with Gasteiger partial charge in [0.15, 0.2) is 6.61 Å². The zero-order chi connectivity index (χ0) is 21.1. The molecule has 0 saturated carbocycles. The molecule has 1 amide bonds. The number of piperidine rings is 1. The van der Waals surface area contributed by atoms with E-state index in [2.05, 4.69) is 29.3 Å². The molecular weight excluding hydrogens is 398 g/mol. The van der Waals surface area contributed by atoms with Gasteiger partial charge in [-0.3, -0.25) is 4.79 Å². The Morgan fingerprint density at radius 1 is 1.27 bits per heavy atom. The van der Waals surface area contributed by atoms with E-state index in [1.165, 1.54) is 12.8 Å². The van der Waals surface area contributed by atoms with Gasteiger partial charge in [-0.15, -0.1) is 0 Å². The van der Waals surface area contributed by atoms with E-state index in [4.69, 9.17) is 21.3 Å². The summed E-state index contributed by atoms with van der Waals surface area (Å²) in [6.45, 7) is 6.14. The van der Waals surface area contributed by atoms with Crippen molar-refractivity contribution >= 4 is 39.9 Å². The van der Waals surface area contributed by atoms with Gasteiger partial charge in [0.25, 0.3) is 5.91 Å². The lowest BCUT2D eigenvalue weighted by Crippen LogP contribution is -2.34. The maximum Gasteiger partial charge on any atom is 0.262 e. The summed E-state index contributed by atoms with van der Waals surface area (Å²) in [5, 5.41) is 4.43. The summed E-state index contributed by atoms with van der Waals surface area (Å²) in [6, 6.07) is 15.3. The van der Waals surface area contributed by atoms with E-state index in [1.807, 2.05) is 37.3 Å². The fraction of sp³-hybridized carbons (Fsp3) is 0.333. The van der Waals surface area contributed by atoms with Gasteiger partial charge in [0.05, 0.1) is 0 Å². The summed E-state index contributed by atoms with van der Waals surface area (Å²) >= 11 is 6.13. The molecule has 6 heteroatoms. The first-order valence-electron chi connectivity index (χ1n) is 10.3. The third kappa shape index (κ3) is 4.68. The second-order valence-electron chi connectivity index (χ2n) is 7.99. The Morgan fingerprint density at radius 3 is 2.93 bits per heavy atom. The number of benzene rings is 2. The number of rotatable bonds is 5. The molecule has 30 heavy (non-hydrogen) atoms. The highest BCUT2D eigenvalue weighted by atomic mass is 35.5. The van der Waals surface area contributed by atoms with Crippen molar-refractivity contribution in [3.05, 3.63) is 59.1 Å². The van der Waals surface area contributed by atoms with Crippen LogP contribution in [0.5, 0.6) is 5.75 Å². The Kier molecular flexibility index (Phi) is 6.09. The second-order valence-corrected chi connectivity index (χ2v) is 8.40. The van der Waals surface area contributed by atoms with Crippen LogP contribution in [0.15, 0.2) is 48.5 Å². The van der Waals surface area contributed by atoms with Crippen LogP contribution in [0.1, 0.15) is 25.3 Å². The van der Waals surface area contributed by atoms with Crippen LogP contribution in [0, 0.1) is 12.8 Å². The normalized spacial score (nSPS) is 16.5. The minimum absolute atomic E-state index is 0.0999. The van der Waals surface area contributed by atoms with Crippen LogP contribution in [0.25, 0.3) is 10.9 Å². The van der Waals surface area contributed by atoms with Crippen molar-refractivity contribution in [2.75, 3.05) is 29.9 Å². The number of nitrogens with one attached hydrogen (secondary N) is 1. The van der Waals surface area contributed by atoms with Crippen molar-refractivity contribution in [2.24, 2.45) is 5.92 Å². The van der Waals surface area contributed by atoms with Gasteiger partial charge >= 0.3 is 0 Å². The van der Waals surface area contributed by atoms with Gasteiger partial charge in [-0.05, 0) is 61.6 Å². The summed E-state index contributed by atoms with van der Waals surface area (Å²) in [5.74, 6) is 2.00. The van der Waals surface area contributed by atoms with Crippen molar-refractivity contribution < 1.29 is 9.53 Å². The standard InChI is InChI=1S/C24H26ClN3O2/c1-16-5-4-12-28(14-16)22-11-9-18-6-3-7-21(24(18)27-22)30-15-23(29)26-19-10-8-17(2)20(25)13-19/h3,6-11,13,16H,4-5,12,14-15H2,1-2H3,(H,26,29)/t16-/m0/s1. The fourth-order valence-electron chi connectivity index (χ4n) is 3.81. The van der Waals surface area contributed by atoms with Gasteiger partial charge < -0.3 is 15.0 Å². The molecule has 1 saturated heterocycles. The number of para-hydroxylation sites is 1. The van der Waals surface area contributed by atoms with Crippen LogP contribution in [-0.4, -0.2) is 30.6 Å². The summed E-state index contributed by atoms with van der Waals surface area (Å²) in [4.78, 5) is 19.6. The number of hydrogen-bond acceptors (Lipinski definition) is 4. The Balaban J connectivity index is 1.48. The van der Waals surface area contributed by atoms with E-state index in [-0.39, 0.29) is 12.5 Å². The zero-order valence-corrected chi connectivity index (χ0v) is 18.1. The number of anilines is 2. The molecule has 1 fully saturated rings. The van der Waals surface area contributed by atoms with Crippen LogP contribution in [0.3, 0.4) is 0 Å². The van der Waals surface area contributed by atoms with Gasteiger partial charge in [-0.25, -0.2) is 4.98 Å². The molecule has 0 aliphatic carbocycles. The molecular formula is C24H26ClN3O2. The van der Waals surface area contributed by atoms with Crippen molar-refractivity contribution in [1.82, 2.24) is 4.98 Å². The van der Waals surface area contributed by atoms with E-state index < -0.39 is 0 Å². The smallest absolute Gasteiger partial charge is 0.262 e. The predicted octanol–water partition coefficient (Wildman–Crippen LogP) is 5.45. The Bertz CT molecular complexity index is 1070. The number of hydrogen-bond donors (Lipinski definition) is 1. The predicted molar refractivity (Wildman–Crippen MR) is 123 cm³/mol. The van der Waals surface area contributed by atoms with Crippen molar-refractivity contribution in [3.63, 3.8) is 0 Å². The van der Waals surface area contributed by atoms with Crippen LogP contribution in [0.4, 0.5) is 11.5 Å². The van der Waals surface area contributed by atoms with Crippen LogP contribution < -0.4 is 15.0 Å². The van der Waals surface area contributed by atoms with Gasteiger partial charge in [-0.1, -0.05) is 36.7 Å². The first-order chi connectivity index (χ1) is 14.5. The molecule has 1 atom stereocenters. The molecule has 0 bridgehead atoms. The number of nitrogens with zero attached hydrogens (tertiary/aromatic N) is 2. The topological polar surface area (TPSA) is 54.5 Å². The Labute approximate surface area is 182 Å². The number of aromatic nitrogens is 1. The molecule has 5 nitrogen and oxygen atoms in total. The third-order valence-corrected chi connectivity index (χ3v) is 5.87. The molecule has 1 aliphatic heterocycles. The van der Waals surface area contributed by atoms with Gasteiger partial charge in [0.1, 0.15) is 17.1 Å². The molecule has 1 N–H and O–H groups in total. The molecule has 1 aliphatic rings. The summed E-state index contributed by atoms with van der Waals surface area (Å²) < 4.78 is 5.84. The molecule has 0 spiro atoms. The molecule has 3 aromatic rings. The minimum atomic E-state index is -0.243. The van der Waals surface area contributed by atoms with Gasteiger partial charge in [0, 0.05) is 29.2 Å². The lowest BCUT2D eigenvalue weighted by Gasteiger charge is -2.32. The van der Waals surface area contributed by atoms with Gasteiger partial charge in [0.2, 0.25) is 0 Å². The second kappa shape index (κ2) is 8.92. The summed E-state index contributed by atoms with van der Waals surface area (Å²) in [6.07, 6.45) is 2.45. The zero-order valence-electron chi connectivity index (χ0n) is 17.3.